The van der Waals surface area contributed by atoms with Gasteiger partial charge in [0.15, 0.2) is 0 Å². The zero-order chi connectivity index (χ0) is 13.1. The minimum atomic E-state index is -0.312. The van der Waals surface area contributed by atoms with E-state index in [1.807, 2.05) is 4.90 Å². The molecule has 2 heterocycles. The number of carbonyl (C=O) groups excluding carboxylic acids is 2. The maximum absolute atomic E-state index is 12.2. The molecule has 0 N–H and O–H groups in total. The molecule has 2 aliphatic heterocycles. The Kier molecular flexibility index (Phi) is 4.49. The predicted molar refractivity (Wildman–Crippen MR) is 68.4 cm³/mol. The number of ether oxygens (including phenoxy) is 1. The number of hydrogen-bond acceptors (Lipinski definition) is 3. The summed E-state index contributed by atoms with van der Waals surface area (Å²) >= 11 is 6.39. The van der Waals surface area contributed by atoms with Crippen LogP contribution in [0, 0.1) is 5.92 Å². The first-order chi connectivity index (χ1) is 8.58. The Balaban J connectivity index is 2.01. The Morgan fingerprint density at radius 1 is 1.50 bits per heavy atom. The predicted octanol–water partition coefficient (Wildman–Crippen LogP) is 1.95. The highest BCUT2D eigenvalue weighted by molar-refractivity contribution is 6.21. The van der Waals surface area contributed by atoms with Gasteiger partial charge in [-0.3, -0.25) is 9.59 Å². The van der Waals surface area contributed by atoms with Crippen LogP contribution >= 0.6 is 11.6 Å². The SMILES string of the molecule is CC(=O)OCC1CC(=O)N2CCCCC2CC1Cl. The Hall–Kier alpha value is -0.770. The van der Waals surface area contributed by atoms with Gasteiger partial charge in [-0.25, -0.2) is 0 Å². The van der Waals surface area contributed by atoms with Gasteiger partial charge in [-0.15, -0.1) is 11.6 Å². The smallest absolute Gasteiger partial charge is 0.302 e. The Labute approximate surface area is 113 Å². The zero-order valence-corrected chi connectivity index (χ0v) is 11.5. The van der Waals surface area contributed by atoms with Gasteiger partial charge < -0.3 is 9.64 Å². The molecular formula is C13H20ClNO3. The van der Waals surface area contributed by atoms with Gasteiger partial charge in [0.1, 0.15) is 0 Å². The average Bonchev–Trinajstić information content (AvgIpc) is 2.45. The van der Waals surface area contributed by atoms with E-state index in [1.54, 1.807) is 0 Å². The summed E-state index contributed by atoms with van der Waals surface area (Å²) in [5.41, 5.74) is 0. The van der Waals surface area contributed by atoms with E-state index in [4.69, 9.17) is 16.3 Å². The molecule has 2 fully saturated rings. The monoisotopic (exact) mass is 273 g/mol. The maximum atomic E-state index is 12.2. The second kappa shape index (κ2) is 5.91. The number of alkyl halides is 1. The van der Waals surface area contributed by atoms with E-state index >= 15 is 0 Å². The molecule has 0 spiro atoms. The van der Waals surface area contributed by atoms with E-state index in [2.05, 4.69) is 0 Å². The molecule has 1 amide bonds. The number of rotatable bonds is 2. The number of hydrogen-bond donors (Lipinski definition) is 0. The van der Waals surface area contributed by atoms with Crippen molar-refractivity contribution in [3.8, 4) is 0 Å². The molecule has 3 unspecified atom stereocenters. The molecule has 0 aromatic carbocycles. The van der Waals surface area contributed by atoms with Crippen molar-refractivity contribution in [1.29, 1.82) is 0 Å². The van der Waals surface area contributed by atoms with Crippen LogP contribution in [0.25, 0.3) is 0 Å². The first-order valence-electron chi connectivity index (χ1n) is 6.65. The van der Waals surface area contributed by atoms with Crippen LogP contribution in [0.3, 0.4) is 0 Å². The van der Waals surface area contributed by atoms with Crippen molar-refractivity contribution in [2.45, 2.75) is 50.4 Å². The number of halogens is 1. The first-order valence-corrected chi connectivity index (χ1v) is 7.08. The lowest BCUT2D eigenvalue weighted by Crippen LogP contribution is -2.42. The summed E-state index contributed by atoms with van der Waals surface area (Å²) in [4.78, 5) is 25.0. The van der Waals surface area contributed by atoms with E-state index in [9.17, 15) is 9.59 Å². The third-order valence-electron chi connectivity index (χ3n) is 3.89. The quantitative estimate of drug-likeness (QED) is 0.571. The number of carbonyl (C=O) groups is 2. The third kappa shape index (κ3) is 3.16. The van der Waals surface area contributed by atoms with Crippen molar-refractivity contribution >= 4 is 23.5 Å². The maximum Gasteiger partial charge on any atom is 0.302 e. The largest absolute Gasteiger partial charge is 0.466 e. The second-order valence-corrected chi connectivity index (χ2v) is 5.82. The minimum absolute atomic E-state index is 0.0475. The van der Waals surface area contributed by atoms with Crippen LogP contribution in [0.4, 0.5) is 0 Å². The average molecular weight is 274 g/mol. The summed E-state index contributed by atoms with van der Waals surface area (Å²) < 4.78 is 5.01. The summed E-state index contributed by atoms with van der Waals surface area (Å²) in [7, 11) is 0. The second-order valence-electron chi connectivity index (χ2n) is 5.26. The summed E-state index contributed by atoms with van der Waals surface area (Å²) in [6.07, 6.45) is 4.53. The molecule has 102 valence electrons. The Bertz CT molecular complexity index is 334. The van der Waals surface area contributed by atoms with Crippen molar-refractivity contribution < 1.29 is 14.3 Å². The molecule has 0 aliphatic carbocycles. The summed E-state index contributed by atoms with van der Waals surface area (Å²) in [6.45, 7) is 2.49. The molecular weight excluding hydrogens is 254 g/mol. The molecule has 2 aliphatic rings. The molecule has 0 saturated carbocycles. The molecule has 2 rings (SSSR count). The first kappa shape index (κ1) is 13.7. The lowest BCUT2D eigenvalue weighted by molar-refractivity contribution is -0.144. The third-order valence-corrected chi connectivity index (χ3v) is 4.43. The van der Waals surface area contributed by atoms with Crippen LogP contribution in [0.15, 0.2) is 0 Å². The van der Waals surface area contributed by atoms with E-state index in [0.29, 0.717) is 6.42 Å². The Morgan fingerprint density at radius 3 is 3.00 bits per heavy atom. The van der Waals surface area contributed by atoms with Gasteiger partial charge in [0.05, 0.1) is 6.61 Å². The van der Waals surface area contributed by atoms with Crippen LogP contribution in [0.5, 0.6) is 0 Å². The van der Waals surface area contributed by atoms with Crippen molar-refractivity contribution in [2.24, 2.45) is 5.92 Å². The number of fused-ring (bicyclic) bond motifs is 1. The van der Waals surface area contributed by atoms with Crippen molar-refractivity contribution in [1.82, 2.24) is 4.90 Å². The molecule has 0 bridgehead atoms. The normalized spacial score (nSPS) is 32.7. The standard InChI is InChI=1S/C13H20ClNO3/c1-9(16)18-8-10-6-13(17)15-5-3-2-4-11(15)7-12(10)14/h10-12H,2-8H2,1H3. The Morgan fingerprint density at radius 2 is 2.28 bits per heavy atom. The highest BCUT2D eigenvalue weighted by atomic mass is 35.5. The molecule has 2 saturated heterocycles. The fourth-order valence-corrected chi connectivity index (χ4v) is 3.25. The van der Waals surface area contributed by atoms with Crippen LogP contribution < -0.4 is 0 Å². The molecule has 4 nitrogen and oxygen atoms in total. The molecule has 0 radical (unpaired) electrons. The lowest BCUT2D eigenvalue weighted by atomic mass is 9.96. The lowest BCUT2D eigenvalue weighted by Gasteiger charge is -2.34. The van der Waals surface area contributed by atoms with Crippen molar-refractivity contribution in [3.63, 3.8) is 0 Å². The topological polar surface area (TPSA) is 46.6 Å². The fourth-order valence-electron chi connectivity index (χ4n) is 2.88. The molecule has 0 aromatic heterocycles. The van der Waals surface area contributed by atoms with Crippen LogP contribution in [-0.4, -0.2) is 41.3 Å². The number of piperidine rings is 1. The number of esters is 1. The zero-order valence-electron chi connectivity index (χ0n) is 10.7. The molecule has 5 heteroatoms. The van der Waals surface area contributed by atoms with Gasteiger partial charge in [0.25, 0.3) is 0 Å². The highest BCUT2D eigenvalue weighted by Crippen LogP contribution is 2.32. The summed E-state index contributed by atoms with van der Waals surface area (Å²) in [5, 5.41) is -0.0820. The van der Waals surface area contributed by atoms with Crippen LogP contribution in [0.1, 0.15) is 39.0 Å². The van der Waals surface area contributed by atoms with Gasteiger partial charge in [0.2, 0.25) is 5.91 Å². The van der Waals surface area contributed by atoms with Crippen LogP contribution in [-0.2, 0) is 14.3 Å². The van der Waals surface area contributed by atoms with E-state index in [-0.39, 0.29) is 35.8 Å². The van der Waals surface area contributed by atoms with Gasteiger partial charge in [-0.1, -0.05) is 0 Å². The summed E-state index contributed by atoms with van der Waals surface area (Å²) in [6, 6.07) is 0.288. The van der Waals surface area contributed by atoms with Crippen LogP contribution in [0.2, 0.25) is 0 Å². The van der Waals surface area contributed by atoms with Crippen molar-refractivity contribution in [2.75, 3.05) is 13.2 Å². The van der Waals surface area contributed by atoms with Gasteiger partial charge >= 0.3 is 5.97 Å². The minimum Gasteiger partial charge on any atom is -0.466 e. The van der Waals surface area contributed by atoms with E-state index < -0.39 is 0 Å². The molecule has 18 heavy (non-hydrogen) atoms. The fraction of sp³-hybridized carbons (Fsp3) is 0.846. The van der Waals surface area contributed by atoms with E-state index in [1.165, 1.54) is 13.3 Å². The van der Waals surface area contributed by atoms with E-state index in [0.717, 1.165) is 25.8 Å². The summed E-state index contributed by atoms with van der Waals surface area (Å²) in [5.74, 6) is -0.193. The number of amides is 1. The highest BCUT2D eigenvalue weighted by Gasteiger charge is 2.37. The molecule has 0 aromatic rings. The van der Waals surface area contributed by atoms with Crippen molar-refractivity contribution in [3.05, 3.63) is 0 Å². The van der Waals surface area contributed by atoms with Gasteiger partial charge in [0, 0.05) is 37.2 Å². The number of nitrogens with zero attached hydrogens (tertiary/aromatic N) is 1. The van der Waals surface area contributed by atoms with Gasteiger partial charge in [-0.2, -0.15) is 0 Å². The molecule has 3 atom stereocenters. The van der Waals surface area contributed by atoms with Gasteiger partial charge in [-0.05, 0) is 25.7 Å².